The van der Waals surface area contributed by atoms with E-state index in [2.05, 4.69) is 15.5 Å². The molecule has 2 N–H and O–H groups in total. The van der Waals surface area contributed by atoms with Crippen molar-refractivity contribution in [2.45, 2.75) is 33.1 Å². The van der Waals surface area contributed by atoms with Gasteiger partial charge in [-0.25, -0.2) is 4.79 Å². The second kappa shape index (κ2) is 5.74. The van der Waals surface area contributed by atoms with Crippen LogP contribution in [-0.2, 0) is 4.79 Å². The highest BCUT2D eigenvalue weighted by atomic mass is 32.1. The van der Waals surface area contributed by atoms with E-state index in [9.17, 15) is 14.7 Å². The molecule has 20 heavy (non-hydrogen) atoms. The second-order valence-electron chi connectivity index (χ2n) is 4.98. The molecule has 1 fully saturated rings. The quantitative estimate of drug-likeness (QED) is 0.889. The number of likely N-dealkylation sites (tertiary alicyclic amines) is 1. The Hall–Kier alpha value is -1.70. The summed E-state index contributed by atoms with van der Waals surface area (Å²) < 4.78 is 0. The first-order valence-electron chi connectivity index (χ1n) is 6.56. The lowest BCUT2D eigenvalue weighted by Crippen LogP contribution is -2.47. The molecule has 0 atom stereocenters. The van der Waals surface area contributed by atoms with Crippen LogP contribution in [0.15, 0.2) is 0 Å². The maximum Gasteiger partial charge on any atom is 0.323 e. The summed E-state index contributed by atoms with van der Waals surface area (Å²) in [7, 11) is 0. The van der Waals surface area contributed by atoms with Gasteiger partial charge in [0.15, 0.2) is 0 Å². The number of anilines is 1. The van der Waals surface area contributed by atoms with Crippen molar-refractivity contribution in [3.8, 4) is 0 Å². The summed E-state index contributed by atoms with van der Waals surface area (Å²) >= 11 is 1.31. The van der Waals surface area contributed by atoms with Crippen molar-refractivity contribution >= 4 is 28.5 Å². The predicted molar refractivity (Wildman–Crippen MR) is 74.8 cm³/mol. The lowest BCUT2D eigenvalue weighted by Gasteiger charge is -2.38. The van der Waals surface area contributed by atoms with Gasteiger partial charge in [-0.05, 0) is 26.2 Å². The number of hydrogen-bond acceptors (Lipinski definition) is 5. The molecular weight excluding hydrogens is 280 g/mol. The number of aryl methyl sites for hydroxylation is 1. The summed E-state index contributed by atoms with van der Waals surface area (Å²) in [5.74, 6) is -0.764. The van der Waals surface area contributed by atoms with Gasteiger partial charge in [-0.1, -0.05) is 18.3 Å². The molecule has 1 aromatic rings. The maximum absolute atomic E-state index is 12.1. The van der Waals surface area contributed by atoms with Crippen molar-refractivity contribution < 1.29 is 14.7 Å². The summed E-state index contributed by atoms with van der Waals surface area (Å²) in [4.78, 5) is 25.0. The van der Waals surface area contributed by atoms with Crippen molar-refractivity contribution in [2.75, 3.05) is 18.4 Å². The maximum atomic E-state index is 12.1. The van der Waals surface area contributed by atoms with Gasteiger partial charge >= 0.3 is 12.0 Å². The minimum absolute atomic E-state index is 0.240. The highest BCUT2D eigenvalue weighted by molar-refractivity contribution is 7.15. The number of urea groups is 1. The average Bonchev–Trinajstić information content (AvgIpc) is 2.84. The largest absolute Gasteiger partial charge is 0.481 e. The van der Waals surface area contributed by atoms with Crippen LogP contribution in [-0.4, -0.2) is 45.3 Å². The Bertz CT molecular complexity index is 509. The zero-order chi connectivity index (χ0) is 14.8. The van der Waals surface area contributed by atoms with Crippen molar-refractivity contribution in [3.05, 3.63) is 5.01 Å². The van der Waals surface area contributed by atoms with E-state index in [0.717, 1.165) is 5.01 Å². The molecule has 2 amide bonds. The van der Waals surface area contributed by atoms with Crippen LogP contribution in [0.25, 0.3) is 0 Å². The third kappa shape index (κ3) is 2.90. The molecule has 0 spiro atoms. The minimum Gasteiger partial charge on any atom is -0.481 e. The number of carboxylic acids is 1. The zero-order valence-corrected chi connectivity index (χ0v) is 12.4. The van der Waals surface area contributed by atoms with Gasteiger partial charge in [0.25, 0.3) is 0 Å². The Labute approximate surface area is 121 Å². The Morgan fingerprint density at radius 1 is 1.40 bits per heavy atom. The van der Waals surface area contributed by atoms with Crippen LogP contribution in [0, 0.1) is 12.3 Å². The highest BCUT2D eigenvalue weighted by Gasteiger charge is 2.40. The van der Waals surface area contributed by atoms with Gasteiger partial charge in [0.2, 0.25) is 5.13 Å². The molecule has 1 saturated heterocycles. The van der Waals surface area contributed by atoms with Gasteiger partial charge in [-0.2, -0.15) is 0 Å². The number of hydrogen-bond donors (Lipinski definition) is 2. The number of piperidine rings is 1. The van der Waals surface area contributed by atoms with Crippen molar-refractivity contribution in [1.29, 1.82) is 0 Å². The van der Waals surface area contributed by atoms with Gasteiger partial charge in [0, 0.05) is 13.1 Å². The second-order valence-corrected chi connectivity index (χ2v) is 6.16. The Kier molecular flexibility index (Phi) is 4.22. The van der Waals surface area contributed by atoms with E-state index in [-0.39, 0.29) is 6.03 Å². The van der Waals surface area contributed by atoms with E-state index in [1.807, 2.05) is 13.8 Å². The number of nitrogens with one attached hydrogen (secondary N) is 1. The van der Waals surface area contributed by atoms with E-state index in [4.69, 9.17) is 0 Å². The van der Waals surface area contributed by atoms with Crippen LogP contribution in [0.2, 0.25) is 0 Å². The van der Waals surface area contributed by atoms with Gasteiger partial charge < -0.3 is 10.0 Å². The van der Waals surface area contributed by atoms with Gasteiger partial charge in [-0.15, -0.1) is 10.2 Å². The fourth-order valence-electron chi connectivity index (χ4n) is 2.37. The van der Waals surface area contributed by atoms with Crippen LogP contribution in [0.1, 0.15) is 31.2 Å². The Balaban J connectivity index is 1.93. The first kappa shape index (κ1) is 14.7. The van der Waals surface area contributed by atoms with E-state index >= 15 is 0 Å². The Morgan fingerprint density at radius 2 is 2.05 bits per heavy atom. The number of nitrogens with zero attached hydrogens (tertiary/aromatic N) is 3. The molecule has 0 radical (unpaired) electrons. The Morgan fingerprint density at radius 3 is 2.50 bits per heavy atom. The van der Waals surface area contributed by atoms with Gasteiger partial charge in [-0.3, -0.25) is 10.1 Å². The topological polar surface area (TPSA) is 95.4 Å². The summed E-state index contributed by atoms with van der Waals surface area (Å²) in [5, 5.41) is 20.9. The first-order chi connectivity index (χ1) is 9.47. The van der Waals surface area contributed by atoms with E-state index in [1.54, 1.807) is 4.90 Å². The molecule has 1 aliphatic heterocycles. The SMILES string of the molecule is CCC1(C(=O)O)CCN(C(=O)Nc2nnc(C)s2)CC1. The lowest BCUT2D eigenvalue weighted by molar-refractivity contribution is -0.151. The van der Waals surface area contributed by atoms with E-state index in [1.165, 1.54) is 11.3 Å². The zero-order valence-electron chi connectivity index (χ0n) is 11.5. The highest BCUT2D eigenvalue weighted by Crippen LogP contribution is 2.35. The fourth-order valence-corrected chi connectivity index (χ4v) is 2.96. The summed E-state index contributed by atoms with van der Waals surface area (Å²) in [6.07, 6.45) is 1.57. The molecule has 0 aromatic carbocycles. The number of amides is 2. The molecule has 8 heteroatoms. The molecule has 0 saturated carbocycles. The minimum atomic E-state index is -0.764. The van der Waals surface area contributed by atoms with Crippen LogP contribution >= 0.6 is 11.3 Å². The third-order valence-corrected chi connectivity index (χ3v) is 4.63. The molecule has 2 heterocycles. The van der Waals surface area contributed by atoms with Crippen molar-refractivity contribution in [1.82, 2.24) is 15.1 Å². The standard InChI is InChI=1S/C12H18N4O3S/c1-3-12(9(17)18)4-6-16(7-5-12)11(19)13-10-15-14-8(2)20-10/h3-7H2,1-2H3,(H,17,18)(H,13,15,19). The number of aliphatic carboxylic acids is 1. The van der Waals surface area contributed by atoms with Crippen molar-refractivity contribution in [3.63, 3.8) is 0 Å². The third-order valence-electron chi connectivity index (χ3n) is 3.88. The smallest absolute Gasteiger partial charge is 0.323 e. The normalized spacial score (nSPS) is 17.8. The number of rotatable bonds is 3. The summed E-state index contributed by atoms with van der Waals surface area (Å²) in [5.41, 5.74) is -0.684. The average molecular weight is 298 g/mol. The molecule has 0 unspecified atom stereocenters. The van der Waals surface area contributed by atoms with Gasteiger partial charge in [0.1, 0.15) is 5.01 Å². The molecule has 1 aliphatic rings. The van der Waals surface area contributed by atoms with Gasteiger partial charge in [0.05, 0.1) is 5.41 Å². The molecule has 0 aliphatic carbocycles. The molecular formula is C12H18N4O3S. The molecule has 0 bridgehead atoms. The number of carboxylic acid groups (broad SMARTS) is 1. The van der Waals surface area contributed by atoms with Crippen LogP contribution in [0.3, 0.4) is 0 Å². The number of carbonyl (C=O) groups is 2. The predicted octanol–water partition coefficient (Wildman–Crippen LogP) is 1.96. The lowest BCUT2D eigenvalue weighted by atomic mass is 9.76. The number of carbonyl (C=O) groups excluding carboxylic acids is 1. The van der Waals surface area contributed by atoms with E-state index < -0.39 is 11.4 Å². The monoisotopic (exact) mass is 298 g/mol. The summed E-state index contributed by atoms with van der Waals surface area (Å²) in [6.45, 7) is 4.60. The van der Waals surface area contributed by atoms with Crippen LogP contribution < -0.4 is 5.32 Å². The van der Waals surface area contributed by atoms with Crippen molar-refractivity contribution in [2.24, 2.45) is 5.41 Å². The summed E-state index contributed by atoms with van der Waals surface area (Å²) in [6, 6.07) is -0.240. The van der Waals surface area contributed by atoms with E-state index in [0.29, 0.717) is 37.5 Å². The number of aromatic nitrogens is 2. The molecule has 7 nitrogen and oxygen atoms in total. The molecule has 1 aromatic heterocycles. The first-order valence-corrected chi connectivity index (χ1v) is 7.38. The molecule has 110 valence electrons. The van der Waals surface area contributed by atoms with Crippen LogP contribution in [0.5, 0.6) is 0 Å². The van der Waals surface area contributed by atoms with Crippen LogP contribution in [0.4, 0.5) is 9.93 Å². The molecule has 2 rings (SSSR count). The fraction of sp³-hybridized carbons (Fsp3) is 0.667.